The molecule has 78 valence electrons. The Morgan fingerprint density at radius 3 is 2.77 bits per heavy atom. The van der Waals surface area contributed by atoms with E-state index in [0.29, 0.717) is 6.54 Å². The first-order valence-electron chi connectivity index (χ1n) is 4.56. The van der Waals surface area contributed by atoms with E-state index in [1.165, 1.54) is 6.26 Å². The first-order valence-corrected chi connectivity index (χ1v) is 6.62. The van der Waals surface area contributed by atoms with Crippen LogP contribution in [-0.2, 0) is 14.6 Å². The maximum atomic E-state index is 10.9. The molecular formula is C8H17NO3S. The van der Waals surface area contributed by atoms with Gasteiger partial charge in [0.2, 0.25) is 0 Å². The molecule has 0 amide bonds. The third kappa shape index (κ3) is 5.23. The summed E-state index contributed by atoms with van der Waals surface area (Å²) in [4.78, 5) is 2.15. The number of nitrogens with zero attached hydrogens (tertiary/aromatic N) is 1. The Balaban J connectivity index is 2.27. The molecule has 0 aromatic rings. The molecule has 4 nitrogen and oxygen atoms in total. The Kier molecular flexibility index (Phi) is 4.15. The van der Waals surface area contributed by atoms with Crippen molar-refractivity contribution < 1.29 is 13.2 Å². The van der Waals surface area contributed by atoms with E-state index in [1.807, 2.05) is 0 Å². The molecule has 1 aliphatic rings. The lowest BCUT2D eigenvalue weighted by atomic mass is 10.4. The molecule has 0 aromatic carbocycles. The third-order valence-corrected chi connectivity index (χ3v) is 3.02. The van der Waals surface area contributed by atoms with Crippen molar-refractivity contribution in [2.45, 2.75) is 6.42 Å². The molecule has 1 rings (SSSR count). The largest absolute Gasteiger partial charge is 0.380 e. The van der Waals surface area contributed by atoms with Crippen molar-refractivity contribution in [2.75, 3.05) is 44.9 Å². The minimum absolute atomic E-state index is 0.257. The molecule has 1 aliphatic heterocycles. The zero-order valence-corrected chi connectivity index (χ0v) is 8.85. The van der Waals surface area contributed by atoms with Gasteiger partial charge in [0.15, 0.2) is 0 Å². The average Bonchev–Trinajstić information content (AvgIpc) is 2.26. The first-order chi connectivity index (χ1) is 6.08. The Morgan fingerprint density at radius 1 is 1.31 bits per heavy atom. The highest BCUT2D eigenvalue weighted by Crippen LogP contribution is 1.99. The van der Waals surface area contributed by atoms with Gasteiger partial charge in [-0.25, -0.2) is 8.42 Å². The van der Waals surface area contributed by atoms with Crippen LogP contribution < -0.4 is 0 Å². The maximum absolute atomic E-state index is 10.9. The topological polar surface area (TPSA) is 46.6 Å². The highest BCUT2D eigenvalue weighted by atomic mass is 32.2. The van der Waals surface area contributed by atoms with Gasteiger partial charge in [0.1, 0.15) is 9.84 Å². The van der Waals surface area contributed by atoms with Crippen molar-refractivity contribution in [3.8, 4) is 0 Å². The molecule has 0 radical (unpaired) electrons. The van der Waals surface area contributed by atoms with E-state index in [-0.39, 0.29) is 5.75 Å². The molecule has 0 N–H and O–H groups in total. The Morgan fingerprint density at radius 2 is 2.08 bits per heavy atom. The van der Waals surface area contributed by atoms with E-state index >= 15 is 0 Å². The lowest BCUT2D eigenvalue weighted by molar-refractivity contribution is 0.142. The second-order valence-corrected chi connectivity index (χ2v) is 5.70. The van der Waals surface area contributed by atoms with Gasteiger partial charge < -0.3 is 4.74 Å². The molecular weight excluding hydrogens is 190 g/mol. The number of hydrogen-bond acceptors (Lipinski definition) is 4. The minimum Gasteiger partial charge on any atom is -0.380 e. The molecule has 0 unspecified atom stereocenters. The Hall–Kier alpha value is -0.130. The van der Waals surface area contributed by atoms with Gasteiger partial charge in [0, 0.05) is 32.5 Å². The third-order valence-electron chi connectivity index (χ3n) is 2.09. The number of sulfone groups is 1. The standard InChI is InChI=1S/C8H17NO3S/c1-13(10,11)8-5-9-3-2-6-12-7-4-9/h2-8H2,1H3. The summed E-state index contributed by atoms with van der Waals surface area (Å²) in [6, 6.07) is 0. The van der Waals surface area contributed by atoms with Gasteiger partial charge >= 0.3 is 0 Å². The summed E-state index contributed by atoms with van der Waals surface area (Å²) in [6.45, 7) is 3.98. The summed E-state index contributed by atoms with van der Waals surface area (Å²) >= 11 is 0. The average molecular weight is 207 g/mol. The van der Waals surface area contributed by atoms with Crippen molar-refractivity contribution in [2.24, 2.45) is 0 Å². The number of ether oxygens (including phenoxy) is 1. The second-order valence-electron chi connectivity index (χ2n) is 3.44. The summed E-state index contributed by atoms with van der Waals surface area (Å²) in [5.41, 5.74) is 0. The van der Waals surface area contributed by atoms with E-state index < -0.39 is 9.84 Å². The van der Waals surface area contributed by atoms with Crippen LogP contribution >= 0.6 is 0 Å². The van der Waals surface area contributed by atoms with E-state index in [1.54, 1.807) is 0 Å². The molecule has 5 heteroatoms. The summed E-state index contributed by atoms with van der Waals surface area (Å²) in [5.74, 6) is 0.257. The Labute approximate surface area is 79.8 Å². The van der Waals surface area contributed by atoms with Crippen LogP contribution in [0.5, 0.6) is 0 Å². The smallest absolute Gasteiger partial charge is 0.148 e. The van der Waals surface area contributed by atoms with Gasteiger partial charge in [-0.15, -0.1) is 0 Å². The zero-order chi connectivity index (χ0) is 9.73. The van der Waals surface area contributed by atoms with Crippen LogP contribution in [0.1, 0.15) is 6.42 Å². The van der Waals surface area contributed by atoms with Gasteiger partial charge in [0.05, 0.1) is 12.4 Å². The van der Waals surface area contributed by atoms with Crippen LogP contribution in [0, 0.1) is 0 Å². The molecule has 0 spiro atoms. The SMILES string of the molecule is CS(=O)(=O)CCN1CCCOCC1. The molecule has 13 heavy (non-hydrogen) atoms. The van der Waals surface area contributed by atoms with Gasteiger partial charge in [-0.2, -0.15) is 0 Å². The molecule has 0 aliphatic carbocycles. The lowest BCUT2D eigenvalue weighted by Crippen LogP contribution is -2.31. The summed E-state index contributed by atoms with van der Waals surface area (Å²) in [6.07, 6.45) is 2.28. The minimum atomic E-state index is -2.82. The van der Waals surface area contributed by atoms with Gasteiger partial charge in [-0.3, -0.25) is 4.90 Å². The van der Waals surface area contributed by atoms with E-state index in [0.717, 1.165) is 32.7 Å². The van der Waals surface area contributed by atoms with Crippen LogP contribution in [0.25, 0.3) is 0 Å². The van der Waals surface area contributed by atoms with Crippen LogP contribution in [0.4, 0.5) is 0 Å². The molecule has 1 heterocycles. The molecule has 0 bridgehead atoms. The fourth-order valence-corrected chi connectivity index (χ4v) is 1.91. The highest BCUT2D eigenvalue weighted by Gasteiger charge is 2.11. The quantitative estimate of drug-likeness (QED) is 0.640. The Bertz CT molecular complexity index is 230. The molecule has 0 aromatic heterocycles. The van der Waals surface area contributed by atoms with E-state index in [4.69, 9.17) is 4.74 Å². The number of rotatable bonds is 3. The molecule has 1 fully saturated rings. The first kappa shape index (κ1) is 10.9. The van der Waals surface area contributed by atoms with Crippen molar-refractivity contribution >= 4 is 9.84 Å². The molecule has 0 saturated carbocycles. The van der Waals surface area contributed by atoms with Crippen LogP contribution in [0.3, 0.4) is 0 Å². The molecule has 1 saturated heterocycles. The van der Waals surface area contributed by atoms with Crippen LogP contribution in [0.15, 0.2) is 0 Å². The van der Waals surface area contributed by atoms with E-state index in [2.05, 4.69) is 4.90 Å². The van der Waals surface area contributed by atoms with Crippen molar-refractivity contribution in [1.29, 1.82) is 0 Å². The monoisotopic (exact) mass is 207 g/mol. The van der Waals surface area contributed by atoms with Crippen molar-refractivity contribution in [1.82, 2.24) is 4.90 Å². The van der Waals surface area contributed by atoms with Gasteiger partial charge in [0.25, 0.3) is 0 Å². The van der Waals surface area contributed by atoms with Crippen LogP contribution in [0.2, 0.25) is 0 Å². The second kappa shape index (κ2) is 4.93. The predicted molar refractivity (Wildman–Crippen MR) is 51.6 cm³/mol. The summed E-state index contributed by atoms with van der Waals surface area (Å²) in [7, 11) is -2.82. The normalized spacial score (nSPS) is 21.3. The predicted octanol–water partition coefficient (Wildman–Crippen LogP) is -0.247. The highest BCUT2D eigenvalue weighted by molar-refractivity contribution is 7.90. The van der Waals surface area contributed by atoms with Gasteiger partial charge in [-0.05, 0) is 6.42 Å². The summed E-state index contributed by atoms with van der Waals surface area (Å²) < 4.78 is 27.1. The van der Waals surface area contributed by atoms with Gasteiger partial charge in [-0.1, -0.05) is 0 Å². The fourth-order valence-electron chi connectivity index (χ4n) is 1.32. The van der Waals surface area contributed by atoms with Crippen molar-refractivity contribution in [3.05, 3.63) is 0 Å². The maximum Gasteiger partial charge on any atom is 0.148 e. The lowest BCUT2D eigenvalue weighted by Gasteiger charge is -2.17. The summed E-state index contributed by atoms with van der Waals surface area (Å²) in [5, 5.41) is 0. The van der Waals surface area contributed by atoms with Crippen molar-refractivity contribution in [3.63, 3.8) is 0 Å². The fraction of sp³-hybridized carbons (Fsp3) is 1.00. The molecule has 0 atom stereocenters. The van der Waals surface area contributed by atoms with Crippen LogP contribution in [-0.4, -0.2) is 58.2 Å². The zero-order valence-electron chi connectivity index (χ0n) is 8.03. The number of hydrogen-bond donors (Lipinski definition) is 0. The van der Waals surface area contributed by atoms with E-state index in [9.17, 15) is 8.42 Å².